The summed E-state index contributed by atoms with van der Waals surface area (Å²) in [5.41, 5.74) is 2.20. The fourth-order valence-corrected chi connectivity index (χ4v) is 4.38. The number of benzene rings is 2. The molecule has 2 aromatic rings. The SMILES string of the molecule is NS(=O)(=O)c1ccc(CCNS(=O)(=O)c2ccc3c(c2)CCC(=O)N3)cc1. The Bertz CT molecular complexity index is 1080. The fraction of sp³-hybridized carbons (Fsp3) is 0.235. The molecule has 0 aromatic heterocycles. The van der Waals surface area contributed by atoms with E-state index in [1.807, 2.05) is 0 Å². The summed E-state index contributed by atoms with van der Waals surface area (Å²) >= 11 is 0. The van der Waals surface area contributed by atoms with E-state index >= 15 is 0 Å². The maximum absolute atomic E-state index is 12.5. The standard InChI is InChI=1S/C17H19N3O5S2/c18-26(22,23)14-4-1-12(2-5-14)9-10-19-27(24,25)15-6-7-16-13(11-15)3-8-17(21)20-16/h1-2,4-7,11,19H,3,8-10H2,(H,20,21)(H2,18,22,23). The number of aryl methyl sites for hydroxylation is 1. The van der Waals surface area contributed by atoms with Gasteiger partial charge in [0, 0.05) is 18.7 Å². The Morgan fingerprint density at radius 1 is 0.963 bits per heavy atom. The summed E-state index contributed by atoms with van der Waals surface area (Å²) in [5, 5.41) is 7.75. The fourth-order valence-electron chi connectivity index (χ4n) is 2.79. The van der Waals surface area contributed by atoms with Gasteiger partial charge < -0.3 is 5.32 Å². The molecule has 0 aliphatic carbocycles. The van der Waals surface area contributed by atoms with Crippen LogP contribution in [0.3, 0.4) is 0 Å². The molecule has 0 bridgehead atoms. The molecule has 0 saturated heterocycles. The van der Waals surface area contributed by atoms with Crippen molar-refractivity contribution in [3.63, 3.8) is 0 Å². The summed E-state index contributed by atoms with van der Waals surface area (Å²) in [4.78, 5) is 11.5. The van der Waals surface area contributed by atoms with Crippen molar-refractivity contribution >= 4 is 31.6 Å². The van der Waals surface area contributed by atoms with Gasteiger partial charge in [0.2, 0.25) is 26.0 Å². The van der Waals surface area contributed by atoms with E-state index in [0.29, 0.717) is 24.9 Å². The molecule has 8 nitrogen and oxygen atoms in total. The van der Waals surface area contributed by atoms with Gasteiger partial charge in [-0.3, -0.25) is 4.79 Å². The van der Waals surface area contributed by atoms with E-state index in [1.54, 1.807) is 24.3 Å². The van der Waals surface area contributed by atoms with Gasteiger partial charge >= 0.3 is 0 Å². The van der Waals surface area contributed by atoms with Crippen molar-refractivity contribution in [2.75, 3.05) is 11.9 Å². The third kappa shape index (κ3) is 4.72. The van der Waals surface area contributed by atoms with E-state index in [0.717, 1.165) is 11.1 Å². The second kappa shape index (κ2) is 7.39. The quantitative estimate of drug-likeness (QED) is 0.647. The maximum Gasteiger partial charge on any atom is 0.240 e. The number of carbonyl (C=O) groups is 1. The number of nitrogens with one attached hydrogen (secondary N) is 2. The largest absolute Gasteiger partial charge is 0.326 e. The number of amides is 1. The molecule has 0 radical (unpaired) electrons. The zero-order chi connectivity index (χ0) is 19.7. The highest BCUT2D eigenvalue weighted by Crippen LogP contribution is 2.25. The zero-order valence-electron chi connectivity index (χ0n) is 14.3. The molecule has 10 heteroatoms. The molecule has 0 saturated carbocycles. The Kier molecular flexibility index (Phi) is 5.33. The summed E-state index contributed by atoms with van der Waals surface area (Å²) in [5.74, 6) is -0.0790. The van der Waals surface area contributed by atoms with E-state index in [9.17, 15) is 21.6 Å². The number of nitrogens with two attached hydrogens (primary N) is 1. The van der Waals surface area contributed by atoms with E-state index in [4.69, 9.17) is 5.14 Å². The number of fused-ring (bicyclic) bond motifs is 1. The third-order valence-electron chi connectivity index (χ3n) is 4.24. The van der Waals surface area contributed by atoms with Crippen molar-refractivity contribution in [3.05, 3.63) is 53.6 Å². The molecule has 0 fully saturated rings. The Balaban J connectivity index is 1.64. The molecule has 1 aliphatic heterocycles. The molecule has 144 valence electrons. The second-order valence-electron chi connectivity index (χ2n) is 6.20. The van der Waals surface area contributed by atoms with Gasteiger partial charge in [-0.25, -0.2) is 26.7 Å². The molecule has 27 heavy (non-hydrogen) atoms. The Morgan fingerprint density at radius 3 is 2.30 bits per heavy atom. The number of sulfonamides is 2. The van der Waals surface area contributed by atoms with E-state index in [2.05, 4.69) is 10.0 Å². The highest BCUT2D eigenvalue weighted by Gasteiger charge is 2.19. The smallest absolute Gasteiger partial charge is 0.240 e. The van der Waals surface area contributed by atoms with Crippen LogP contribution in [0.4, 0.5) is 5.69 Å². The van der Waals surface area contributed by atoms with Crippen LogP contribution in [0.25, 0.3) is 0 Å². The van der Waals surface area contributed by atoms with E-state index in [1.165, 1.54) is 18.2 Å². The number of rotatable bonds is 6. The normalized spacial score (nSPS) is 14.5. The topological polar surface area (TPSA) is 135 Å². The van der Waals surface area contributed by atoms with E-state index < -0.39 is 20.0 Å². The lowest BCUT2D eigenvalue weighted by molar-refractivity contribution is -0.116. The highest BCUT2D eigenvalue weighted by molar-refractivity contribution is 7.89. The van der Waals surface area contributed by atoms with Gasteiger partial charge in [0.05, 0.1) is 9.79 Å². The highest BCUT2D eigenvalue weighted by atomic mass is 32.2. The van der Waals surface area contributed by atoms with E-state index in [-0.39, 0.29) is 22.2 Å². The first-order chi connectivity index (χ1) is 12.6. The van der Waals surface area contributed by atoms with Crippen molar-refractivity contribution in [3.8, 4) is 0 Å². The lowest BCUT2D eigenvalue weighted by atomic mass is 10.0. The van der Waals surface area contributed by atoms with Crippen LogP contribution in [0.1, 0.15) is 17.5 Å². The first kappa shape index (κ1) is 19.5. The third-order valence-corrected chi connectivity index (χ3v) is 6.63. The first-order valence-corrected chi connectivity index (χ1v) is 11.2. The molecule has 1 heterocycles. The lowest BCUT2D eigenvalue weighted by Crippen LogP contribution is -2.26. The van der Waals surface area contributed by atoms with Crippen LogP contribution < -0.4 is 15.2 Å². The van der Waals surface area contributed by atoms with Crippen LogP contribution >= 0.6 is 0 Å². The molecule has 3 rings (SSSR count). The van der Waals surface area contributed by atoms with Crippen LogP contribution in [0, 0.1) is 0 Å². The molecule has 0 unspecified atom stereocenters. The average molecular weight is 409 g/mol. The van der Waals surface area contributed by atoms with Crippen LogP contribution in [0.2, 0.25) is 0 Å². The average Bonchev–Trinajstić information content (AvgIpc) is 2.60. The number of hydrogen-bond acceptors (Lipinski definition) is 5. The van der Waals surface area contributed by atoms with Gasteiger partial charge in [0.1, 0.15) is 0 Å². The molecular formula is C17H19N3O5S2. The number of hydrogen-bond donors (Lipinski definition) is 3. The van der Waals surface area contributed by atoms with Gasteiger partial charge in [0.15, 0.2) is 0 Å². The molecule has 0 atom stereocenters. The number of primary sulfonamides is 1. The van der Waals surface area contributed by atoms with Crippen molar-refractivity contribution in [2.45, 2.75) is 29.1 Å². The maximum atomic E-state index is 12.5. The predicted molar refractivity (Wildman–Crippen MR) is 100 cm³/mol. The van der Waals surface area contributed by atoms with Crippen LogP contribution in [-0.2, 0) is 37.7 Å². The summed E-state index contributed by atoms with van der Waals surface area (Å²) in [6.07, 6.45) is 1.23. The first-order valence-electron chi connectivity index (χ1n) is 8.19. The molecule has 4 N–H and O–H groups in total. The lowest BCUT2D eigenvalue weighted by Gasteiger charge is -2.17. The minimum absolute atomic E-state index is 0.00739. The molecule has 2 aromatic carbocycles. The predicted octanol–water partition coefficient (Wildman–Crippen LogP) is 0.740. The van der Waals surface area contributed by atoms with Crippen molar-refractivity contribution in [1.82, 2.24) is 4.72 Å². The van der Waals surface area contributed by atoms with Crippen LogP contribution in [0.15, 0.2) is 52.3 Å². The van der Waals surface area contributed by atoms with Gasteiger partial charge in [0.25, 0.3) is 0 Å². The van der Waals surface area contributed by atoms with Crippen molar-refractivity contribution in [2.24, 2.45) is 5.14 Å². The Labute approximate surface area is 157 Å². The van der Waals surface area contributed by atoms with Gasteiger partial charge in [-0.15, -0.1) is 0 Å². The van der Waals surface area contributed by atoms with Crippen molar-refractivity contribution < 1.29 is 21.6 Å². The molecule has 0 spiro atoms. The Morgan fingerprint density at radius 2 is 1.63 bits per heavy atom. The summed E-state index contributed by atoms with van der Waals surface area (Å²) in [7, 11) is -7.44. The van der Waals surface area contributed by atoms with Gasteiger partial charge in [-0.05, 0) is 54.3 Å². The summed E-state index contributed by atoms with van der Waals surface area (Å²) in [6.45, 7) is 0.158. The molecule has 1 amide bonds. The van der Waals surface area contributed by atoms with Gasteiger partial charge in [-0.1, -0.05) is 12.1 Å². The second-order valence-corrected chi connectivity index (χ2v) is 9.53. The van der Waals surface area contributed by atoms with Gasteiger partial charge in [-0.2, -0.15) is 0 Å². The summed E-state index contributed by atoms with van der Waals surface area (Å²) < 4.78 is 49.9. The monoisotopic (exact) mass is 409 g/mol. The number of carbonyl (C=O) groups excluding carboxylic acids is 1. The van der Waals surface area contributed by atoms with Crippen LogP contribution in [0.5, 0.6) is 0 Å². The van der Waals surface area contributed by atoms with Crippen molar-refractivity contribution in [1.29, 1.82) is 0 Å². The molecule has 1 aliphatic rings. The minimum atomic E-state index is -3.75. The summed E-state index contributed by atoms with van der Waals surface area (Å²) in [6, 6.07) is 10.6. The van der Waals surface area contributed by atoms with Crippen LogP contribution in [-0.4, -0.2) is 29.3 Å². The Hall–Kier alpha value is -2.27. The number of anilines is 1. The molecular weight excluding hydrogens is 390 g/mol. The minimum Gasteiger partial charge on any atom is -0.326 e. The zero-order valence-corrected chi connectivity index (χ0v) is 15.9.